The van der Waals surface area contributed by atoms with Crippen LogP contribution in [0.4, 0.5) is 5.95 Å². The van der Waals surface area contributed by atoms with E-state index < -0.39 is 0 Å². The Balaban J connectivity index is 2.15. The maximum atomic E-state index is 5.86. The molecule has 2 rings (SSSR count). The van der Waals surface area contributed by atoms with Gasteiger partial charge in [0.25, 0.3) is 0 Å². The van der Waals surface area contributed by atoms with Crippen molar-refractivity contribution in [1.29, 1.82) is 0 Å². The molecule has 2 aromatic heterocycles. The van der Waals surface area contributed by atoms with E-state index >= 15 is 0 Å². The van der Waals surface area contributed by atoms with Crippen LogP contribution in [0.2, 0.25) is 5.28 Å². The second-order valence-electron chi connectivity index (χ2n) is 3.41. The van der Waals surface area contributed by atoms with Crippen molar-refractivity contribution in [3.63, 3.8) is 0 Å². The van der Waals surface area contributed by atoms with E-state index in [9.17, 15) is 0 Å². The monoisotopic (exact) mass is 281 g/mol. The minimum Gasteiger partial charge on any atom is -0.354 e. The number of aromatic nitrogens is 4. The lowest BCUT2D eigenvalue weighted by molar-refractivity contribution is 0.876. The lowest BCUT2D eigenvalue weighted by atomic mass is 10.5. The van der Waals surface area contributed by atoms with Crippen LogP contribution in [-0.2, 0) is 0 Å². The molecular formula is C11H12ClN5S. The fourth-order valence-electron chi connectivity index (χ4n) is 1.19. The van der Waals surface area contributed by atoms with E-state index in [0.29, 0.717) is 11.1 Å². The van der Waals surface area contributed by atoms with Crippen molar-refractivity contribution in [2.75, 3.05) is 11.9 Å². The van der Waals surface area contributed by atoms with Gasteiger partial charge in [0, 0.05) is 12.7 Å². The normalized spacial score (nSPS) is 10.3. The second kappa shape index (κ2) is 6.51. The number of hydrogen-bond acceptors (Lipinski definition) is 6. The van der Waals surface area contributed by atoms with Gasteiger partial charge in [0.1, 0.15) is 5.03 Å². The van der Waals surface area contributed by atoms with Crippen LogP contribution < -0.4 is 5.32 Å². The van der Waals surface area contributed by atoms with Crippen LogP contribution in [0.3, 0.4) is 0 Å². The smallest absolute Gasteiger partial charge is 0.228 e. The van der Waals surface area contributed by atoms with E-state index in [1.54, 1.807) is 6.20 Å². The Labute approximate surface area is 114 Å². The van der Waals surface area contributed by atoms with Gasteiger partial charge in [-0.3, -0.25) is 0 Å². The molecule has 2 aromatic rings. The Kier molecular flexibility index (Phi) is 4.72. The first-order chi connectivity index (χ1) is 8.78. The summed E-state index contributed by atoms with van der Waals surface area (Å²) in [6.07, 6.45) is 2.72. The Morgan fingerprint density at radius 3 is 2.89 bits per heavy atom. The molecule has 0 aromatic carbocycles. The molecule has 7 heteroatoms. The molecule has 0 aliphatic heterocycles. The van der Waals surface area contributed by atoms with E-state index in [4.69, 9.17) is 11.6 Å². The van der Waals surface area contributed by atoms with Crippen LogP contribution in [0.1, 0.15) is 13.3 Å². The first-order valence-corrected chi connectivity index (χ1v) is 6.71. The van der Waals surface area contributed by atoms with Gasteiger partial charge < -0.3 is 5.32 Å². The van der Waals surface area contributed by atoms with Gasteiger partial charge in [-0.1, -0.05) is 13.0 Å². The van der Waals surface area contributed by atoms with Gasteiger partial charge >= 0.3 is 0 Å². The van der Waals surface area contributed by atoms with Crippen molar-refractivity contribution in [2.45, 2.75) is 23.5 Å². The van der Waals surface area contributed by atoms with E-state index in [1.165, 1.54) is 11.8 Å². The maximum Gasteiger partial charge on any atom is 0.228 e. The maximum absolute atomic E-state index is 5.86. The van der Waals surface area contributed by atoms with Gasteiger partial charge in [-0.25, -0.2) is 4.98 Å². The molecule has 0 aliphatic carbocycles. The molecule has 18 heavy (non-hydrogen) atoms. The molecule has 0 fully saturated rings. The molecule has 0 aliphatic rings. The highest BCUT2D eigenvalue weighted by atomic mass is 35.5. The summed E-state index contributed by atoms with van der Waals surface area (Å²) in [4.78, 5) is 16.5. The third-order valence-electron chi connectivity index (χ3n) is 1.95. The van der Waals surface area contributed by atoms with E-state index in [0.717, 1.165) is 18.0 Å². The quantitative estimate of drug-likeness (QED) is 0.909. The van der Waals surface area contributed by atoms with Crippen molar-refractivity contribution in [2.24, 2.45) is 0 Å². The van der Waals surface area contributed by atoms with Crippen molar-refractivity contribution in [3.8, 4) is 0 Å². The third kappa shape index (κ3) is 3.82. The highest BCUT2D eigenvalue weighted by Gasteiger charge is 2.06. The molecule has 0 bridgehead atoms. The Morgan fingerprint density at radius 1 is 1.28 bits per heavy atom. The summed E-state index contributed by atoms with van der Waals surface area (Å²) in [5, 5.41) is 4.62. The third-order valence-corrected chi connectivity index (χ3v) is 2.94. The molecule has 0 radical (unpaired) electrons. The summed E-state index contributed by atoms with van der Waals surface area (Å²) >= 11 is 7.21. The van der Waals surface area contributed by atoms with Gasteiger partial charge in [0.2, 0.25) is 11.2 Å². The minimum absolute atomic E-state index is 0.182. The summed E-state index contributed by atoms with van der Waals surface area (Å²) in [5.41, 5.74) is 0. The van der Waals surface area contributed by atoms with Gasteiger partial charge in [-0.2, -0.15) is 15.0 Å². The zero-order chi connectivity index (χ0) is 12.8. The van der Waals surface area contributed by atoms with Crippen LogP contribution in [0.25, 0.3) is 0 Å². The fraction of sp³-hybridized carbons (Fsp3) is 0.273. The summed E-state index contributed by atoms with van der Waals surface area (Å²) in [5.74, 6) is 0.496. The fourth-order valence-corrected chi connectivity index (χ4v) is 2.12. The van der Waals surface area contributed by atoms with Crippen LogP contribution >= 0.6 is 23.4 Å². The summed E-state index contributed by atoms with van der Waals surface area (Å²) in [6.45, 7) is 2.87. The molecule has 1 N–H and O–H groups in total. The average Bonchev–Trinajstić information content (AvgIpc) is 2.37. The molecule has 0 spiro atoms. The first kappa shape index (κ1) is 13.0. The topological polar surface area (TPSA) is 63.6 Å². The van der Waals surface area contributed by atoms with Gasteiger partial charge in [0.15, 0.2) is 5.16 Å². The molecule has 94 valence electrons. The number of nitrogens with zero attached hydrogens (tertiary/aromatic N) is 4. The molecule has 5 nitrogen and oxygen atoms in total. The predicted octanol–water partition coefficient (Wildman–Crippen LogP) is 2.89. The van der Waals surface area contributed by atoms with Gasteiger partial charge in [0.05, 0.1) is 0 Å². The van der Waals surface area contributed by atoms with Gasteiger partial charge in [-0.15, -0.1) is 0 Å². The summed E-state index contributed by atoms with van der Waals surface area (Å²) < 4.78 is 0. The minimum atomic E-state index is 0.182. The highest BCUT2D eigenvalue weighted by molar-refractivity contribution is 7.99. The zero-order valence-electron chi connectivity index (χ0n) is 9.80. The molecule has 0 unspecified atom stereocenters. The molecule has 0 saturated heterocycles. The van der Waals surface area contributed by atoms with Crippen LogP contribution in [-0.4, -0.2) is 26.5 Å². The van der Waals surface area contributed by atoms with Crippen molar-refractivity contribution >= 4 is 29.3 Å². The number of hydrogen-bond donors (Lipinski definition) is 1. The lowest BCUT2D eigenvalue weighted by Gasteiger charge is -2.04. The van der Waals surface area contributed by atoms with Crippen molar-refractivity contribution in [3.05, 3.63) is 29.7 Å². The number of nitrogens with one attached hydrogen (secondary N) is 1. The lowest BCUT2D eigenvalue weighted by Crippen LogP contribution is -2.06. The highest BCUT2D eigenvalue weighted by Crippen LogP contribution is 2.23. The Morgan fingerprint density at radius 2 is 2.17 bits per heavy atom. The summed E-state index contributed by atoms with van der Waals surface area (Å²) in [7, 11) is 0. The largest absolute Gasteiger partial charge is 0.354 e. The summed E-state index contributed by atoms with van der Waals surface area (Å²) in [6, 6.07) is 5.66. The SMILES string of the molecule is CCCNc1nc(Cl)nc(Sc2ccccn2)n1. The predicted molar refractivity (Wildman–Crippen MR) is 72.0 cm³/mol. The van der Waals surface area contributed by atoms with E-state index in [1.807, 2.05) is 18.2 Å². The number of halogens is 1. The number of pyridine rings is 1. The van der Waals surface area contributed by atoms with Gasteiger partial charge in [-0.05, 0) is 41.9 Å². The molecule has 0 amide bonds. The number of rotatable bonds is 5. The molecule has 2 heterocycles. The molecule has 0 atom stereocenters. The Hall–Kier alpha value is -1.40. The first-order valence-electron chi connectivity index (χ1n) is 5.52. The van der Waals surface area contributed by atoms with Crippen LogP contribution in [0.15, 0.2) is 34.6 Å². The van der Waals surface area contributed by atoms with Crippen LogP contribution in [0.5, 0.6) is 0 Å². The Bertz CT molecular complexity index is 508. The van der Waals surface area contributed by atoms with Crippen molar-refractivity contribution < 1.29 is 0 Å². The van der Waals surface area contributed by atoms with Crippen molar-refractivity contribution in [1.82, 2.24) is 19.9 Å². The second-order valence-corrected chi connectivity index (χ2v) is 4.73. The number of anilines is 1. The average molecular weight is 282 g/mol. The molecule has 0 saturated carbocycles. The van der Waals surface area contributed by atoms with E-state index in [2.05, 4.69) is 32.2 Å². The van der Waals surface area contributed by atoms with E-state index in [-0.39, 0.29) is 5.28 Å². The zero-order valence-corrected chi connectivity index (χ0v) is 11.4. The standard InChI is InChI=1S/C11H12ClN5S/c1-2-6-14-10-15-9(12)16-11(17-10)18-8-5-3-4-7-13-8/h3-5,7H,2,6H2,1H3,(H,14,15,16,17). The van der Waals surface area contributed by atoms with Crippen LogP contribution in [0, 0.1) is 0 Å². The molecular weight excluding hydrogens is 270 g/mol.